The van der Waals surface area contributed by atoms with Crippen LogP contribution in [-0.4, -0.2) is 21.5 Å². The molecule has 3 aromatic rings. The maximum absolute atomic E-state index is 12.7. The highest BCUT2D eigenvalue weighted by atomic mass is 16.2. The molecule has 2 aromatic carbocycles. The molecular weight excluding hydrogens is 362 g/mol. The van der Waals surface area contributed by atoms with Crippen molar-refractivity contribution >= 4 is 5.91 Å². The van der Waals surface area contributed by atoms with Crippen molar-refractivity contribution in [1.82, 2.24) is 14.9 Å². The van der Waals surface area contributed by atoms with E-state index >= 15 is 0 Å². The van der Waals surface area contributed by atoms with Gasteiger partial charge in [0.05, 0.1) is 0 Å². The molecule has 1 aromatic heterocycles. The number of benzene rings is 2. The van der Waals surface area contributed by atoms with Crippen LogP contribution in [-0.2, 0) is 24.2 Å². The van der Waals surface area contributed by atoms with Crippen molar-refractivity contribution in [1.29, 1.82) is 0 Å². The number of hydrogen-bond donors (Lipinski definition) is 1. The van der Waals surface area contributed by atoms with Crippen molar-refractivity contribution in [3.8, 4) is 11.4 Å². The Morgan fingerprint density at radius 3 is 2.38 bits per heavy atom. The zero-order chi connectivity index (χ0) is 20.6. The molecule has 0 aliphatic carbocycles. The van der Waals surface area contributed by atoms with Gasteiger partial charge in [-0.15, -0.1) is 0 Å². The van der Waals surface area contributed by atoms with E-state index < -0.39 is 0 Å². The van der Waals surface area contributed by atoms with Crippen molar-refractivity contribution in [3.63, 3.8) is 0 Å². The minimum Gasteiger partial charge on any atom is -0.352 e. The Kier molecular flexibility index (Phi) is 6.95. The molecule has 0 unspecified atom stereocenters. The largest absolute Gasteiger partial charge is 0.352 e. The molecule has 3 rings (SSSR count). The molecule has 0 saturated heterocycles. The van der Waals surface area contributed by atoms with Gasteiger partial charge in [0, 0.05) is 23.4 Å². The summed E-state index contributed by atoms with van der Waals surface area (Å²) in [4.78, 5) is 29.9. The number of carbonyl (C=O) groups is 1. The third-order valence-corrected chi connectivity index (χ3v) is 4.87. The summed E-state index contributed by atoms with van der Waals surface area (Å²) in [6.07, 6.45) is 2.39. The Bertz CT molecular complexity index is 998. The van der Waals surface area contributed by atoms with Gasteiger partial charge in [-0.1, -0.05) is 67.6 Å². The number of rotatable bonds is 8. The minimum atomic E-state index is -0.206. The summed E-state index contributed by atoms with van der Waals surface area (Å²) >= 11 is 0. The lowest BCUT2D eigenvalue weighted by atomic mass is 10.1. The Labute approximate surface area is 171 Å². The number of aromatic nitrogens is 2. The molecule has 1 atom stereocenters. The summed E-state index contributed by atoms with van der Waals surface area (Å²) in [6.45, 7) is 3.90. The molecule has 150 valence electrons. The van der Waals surface area contributed by atoms with Crippen LogP contribution < -0.4 is 10.9 Å². The second-order valence-electron chi connectivity index (χ2n) is 7.21. The highest BCUT2D eigenvalue weighted by Gasteiger charge is 2.15. The molecule has 0 aliphatic heterocycles. The van der Waals surface area contributed by atoms with Gasteiger partial charge < -0.3 is 5.32 Å². The lowest BCUT2D eigenvalue weighted by molar-refractivity contribution is -0.122. The van der Waals surface area contributed by atoms with Gasteiger partial charge >= 0.3 is 0 Å². The third-order valence-electron chi connectivity index (χ3n) is 4.87. The summed E-state index contributed by atoms with van der Waals surface area (Å²) in [7, 11) is 0. The first kappa shape index (κ1) is 20.5. The molecule has 0 fully saturated rings. The first-order chi connectivity index (χ1) is 14.1. The van der Waals surface area contributed by atoms with Crippen LogP contribution >= 0.6 is 0 Å². The number of aryl methyl sites for hydroxylation is 2. The molecule has 5 heteroatoms. The van der Waals surface area contributed by atoms with E-state index in [2.05, 4.69) is 22.4 Å². The average Bonchev–Trinajstić information content (AvgIpc) is 2.74. The van der Waals surface area contributed by atoms with E-state index in [1.165, 1.54) is 16.2 Å². The van der Waals surface area contributed by atoms with Gasteiger partial charge in [-0.2, -0.15) is 0 Å². The second-order valence-corrected chi connectivity index (χ2v) is 7.21. The molecule has 0 spiro atoms. The zero-order valence-electron chi connectivity index (χ0n) is 17.0. The van der Waals surface area contributed by atoms with Crippen LogP contribution in [0.5, 0.6) is 0 Å². The highest BCUT2D eigenvalue weighted by molar-refractivity contribution is 5.76. The minimum absolute atomic E-state index is 0.0152. The maximum Gasteiger partial charge on any atom is 0.254 e. The fourth-order valence-corrected chi connectivity index (χ4v) is 3.26. The average molecular weight is 389 g/mol. The van der Waals surface area contributed by atoms with Crippen LogP contribution in [0.25, 0.3) is 11.4 Å². The highest BCUT2D eigenvalue weighted by Crippen LogP contribution is 2.16. The second kappa shape index (κ2) is 9.82. The summed E-state index contributed by atoms with van der Waals surface area (Å²) in [5, 5.41) is 3.01. The maximum atomic E-state index is 12.7. The van der Waals surface area contributed by atoms with Crippen LogP contribution in [0.15, 0.2) is 71.5 Å². The number of nitrogens with one attached hydrogen (secondary N) is 1. The van der Waals surface area contributed by atoms with Gasteiger partial charge in [-0.05, 0) is 31.7 Å². The van der Waals surface area contributed by atoms with Gasteiger partial charge in [0.1, 0.15) is 12.4 Å². The Hall–Kier alpha value is -3.21. The summed E-state index contributed by atoms with van der Waals surface area (Å²) in [5.74, 6) is 0.345. The SMILES string of the molecule is CCc1cc(=O)n(CC(=O)N[C@@H](C)CCc2ccccc2)c(-c2ccccc2)n1. The lowest BCUT2D eigenvalue weighted by Crippen LogP contribution is -2.38. The predicted octanol–water partition coefficient (Wildman–Crippen LogP) is 3.61. The first-order valence-corrected chi connectivity index (χ1v) is 10.1. The van der Waals surface area contributed by atoms with Crippen molar-refractivity contribution in [2.24, 2.45) is 0 Å². The van der Waals surface area contributed by atoms with Crippen LogP contribution in [0.3, 0.4) is 0 Å². The number of amides is 1. The molecule has 1 amide bonds. The lowest BCUT2D eigenvalue weighted by Gasteiger charge is -2.17. The number of nitrogens with zero attached hydrogens (tertiary/aromatic N) is 2. The molecule has 29 heavy (non-hydrogen) atoms. The molecule has 0 bridgehead atoms. The summed E-state index contributed by atoms with van der Waals surface area (Å²) in [6, 6.07) is 21.2. The molecule has 1 N–H and O–H groups in total. The molecule has 0 saturated carbocycles. The van der Waals surface area contributed by atoms with Crippen LogP contribution in [0.2, 0.25) is 0 Å². The zero-order valence-corrected chi connectivity index (χ0v) is 17.0. The monoisotopic (exact) mass is 389 g/mol. The smallest absolute Gasteiger partial charge is 0.254 e. The summed E-state index contributed by atoms with van der Waals surface area (Å²) in [5.41, 5.74) is 2.59. The van der Waals surface area contributed by atoms with E-state index in [9.17, 15) is 9.59 Å². The standard InChI is InChI=1S/C24H27N3O2/c1-3-21-16-23(29)27(24(26-21)20-12-8-5-9-13-20)17-22(28)25-18(2)14-15-19-10-6-4-7-11-19/h4-13,16,18H,3,14-15,17H2,1-2H3,(H,25,28)/t18-/m0/s1. The molecule has 0 aliphatic rings. The van der Waals surface area contributed by atoms with Gasteiger partial charge in [0.2, 0.25) is 5.91 Å². The predicted molar refractivity (Wildman–Crippen MR) is 116 cm³/mol. The van der Waals surface area contributed by atoms with Crippen molar-refractivity contribution in [2.45, 2.75) is 45.7 Å². The van der Waals surface area contributed by atoms with Crippen molar-refractivity contribution in [2.75, 3.05) is 0 Å². The normalized spacial score (nSPS) is 11.8. The van der Waals surface area contributed by atoms with E-state index in [0.29, 0.717) is 12.2 Å². The van der Waals surface area contributed by atoms with E-state index in [-0.39, 0.29) is 24.1 Å². The van der Waals surface area contributed by atoms with Gasteiger partial charge in [-0.25, -0.2) is 4.98 Å². The molecule has 5 nitrogen and oxygen atoms in total. The van der Waals surface area contributed by atoms with E-state index in [4.69, 9.17) is 0 Å². The molecular formula is C24H27N3O2. The van der Waals surface area contributed by atoms with E-state index in [1.54, 1.807) is 0 Å². The first-order valence-electron chi connectivity index (χ1n) is 10.1. The van der Waals surface area contributed by atoms with Crippen LogP contribution in [0.1, 0.15) is 31.5 Å². The summed E-state index contributed by atoms with van der Waals surface area (Å²) < 4.78 is 1.45. The number of carbonyl (C=O) groups excluding carboxylic acids is 1. The topological polar surface area (TPSA) is 64.0 Å². The third kappa shape index (κ3) is 5.64. The molecule has 1 heterocycles. The Balaban J connectivity index is 1.72. The van der Waals surface area contributed by atoms with E-state index in [1.807, 2.05) is 62.4 Å². The van der Waals surface area contributed by atoms with Crippen molar-refractivity contribution in [3.05, 3.63) is 88.3 Å². The fourth-order valence-electron chi connectivity index (χ4n) is 3.26. The Morgan fingerprint density at radius 2 is 1.72 bits per heavy atom. The number of hydrogen-bond acceptors (Lipinski definition) is 3. The Morgan fingerprint density at radius 1 is 1.07 bits per heavy atom. The van der Waals surface area contributed by atoms with E-state index in [0.717, 1.165) is 24.1 Å². The van der Waals surface area contributed by atoms with Gasteiger partial charge in [0.25, 0.3) is 5.56 Å². The van der Waals surface area contributed by atoms with Crippen LogP contribution in [0.4, 0.5) is 0 Å². The van der Waals surface area contributed by atoms with Gasteiger partial charge in [0.15, 0.2) is 0 Å². The quantitative estimate of drug-likeness (QED) is 0.640. The van der Waals surface area contributed by atoms with Gasteiger partial charge in [-0.3, -0.25) is 14.2 Å². The fraction of sp³-hybridized carbons (Fsp3) is 0.292. The van der Waals surface area contributed by atoms with Crippen LogP contribution in [0, 0.1) is 0 Å². The molecule has 0 radical (unpaired) electrons. The van der Waals surface area contributed by atoms with Crippen molar-refractivity contribution < 1.29 is 4.79 Å².